The van der Waals surface area contributed by atoms with Crippen molar-refractivity contribution in [1.82, 2.24) is 0 Å². The summed E-state index contributed by atoms with van der Waals surface area (Å²) in [4.78, 5) is 0. The first-order valence-corrected chi connectivity index (χ1v) is 8.06. The molecule has 0 aliphatic carbocycles. The molecule has 25 heavy (non-hydrogen) atoms. The molecule has 3 aromatic carbocycles. The smallest absolute Gasteiger partial charge is 0.165 e. The van der Waals surface area contributed by atoms with Crippen molar-refractivity contribution in [2.45, 2.75) is 13.5 Å². The molecule has 0 aliphatic rings. The molecular formula is C21H18F2O2. The van der Waals surface area contributed by atoms with E-state index in [1.807, 2.05) is 30.3 Å². The molecule has 0 atom stereocenters. The summed E-state index contributed by atoms with van der Waals surface area (Å²) < 4.78 is 39.0. The lowest BCUT2D eigenvalue weighted by Gasteiger charge is -2.10. The maximum atomic E-state index is 14.3. The third-order valence-corrected chi connectivity index (χ3v) is 3.73. The quantitative estimate of drug-likeness (QED) is 0.581. The van der Waals surface area contributed by atoms with Crippen LogP contribution in [0.15, 0.2) is 66.7 Å². The predicted molar refractivity (Wildman–Crippen MR) is 93.7 cm³/mol. The van der Waals surface area contributed by atoms with Crippen LogP contribution in [0.2, 0.25) is 0 Å². The zero-order valence-electron chi connectivity index (χ0n) is 13.8. The zero-order valence-corrected chi connectivity index (χ0v) is 13.8. The average molecular weight is 340 g/mol. The van der Waals surface area contributed by atoms with Gasteiger partial charge in [-0.3, -0.25) is 0 Å². The van der Waals surface area contributed by atoms with E-state index in [4.69, 9.17) is 9.47 Å². The number of halogens is 2. The van der Waals surface area contributed by atoms with Gasteiger partial charge >= 0.3 is 0 Å². The molecule has 0 bridgehead atoms. The number of hydrogen-bond donors (Lipinski definition) is 0. The molecule has 128 valence electrons. The summed E-state index contributed by atoms with van der Waals surface area (Å²) in [5, 5.41) is 0. The van der Waals surface area contributed by atoms with Crippen LogP contribution in [0.25, 0.3) is 11.1 Å². The fourth-order valence-corrected chi connectivity index (χ4v) is 2.49. The van der Waals surface area contributed by atoms with Crippen molar-refractivity contribution in [3.8, 4) is 22.6 Å². The molecule has 0 unspecified atom stereocenters. The molecule has 0 aliphatic heterocycles. The highest BCUT2D eigenvalue weighted by Crippen LogP contribution is 2.29. The molecule has 2 nitrogen and oxygen atoms in total. The number of ether oxygens (including phenoxy) is 2. The zero-order chi connectivity index (χ0) is 17.6. The van der Waals surface area contributed by atoms with Crippen molar-refractivity contribution >= 4 is 0 Å². The maximum absolute atomic E-state index is 14.3. The predicted octanol–water partition coefficient (Wildman–Crippen LogP) is 5.61. The Kier molecular flexibility index (Phi) is 5.29. The van der Waals surface area contributed by atoms with Gasteiger partial charge in [0.25, 0.3) is 0 Å². The molecular weight excluding hydrogens is 322 g/mol. The lowest BCUT2D eigenvalue weighted by Crippen LogP contribution is -1.97. The molecule has 3 rings (SSSR count). The van der Waals surface area contributed by atoms with E-state index in [9.17, 15) is 8.78 Å². The van der Waals surface area contributed by atoms with E-state index < -0.39 is 11.6 Å². The van der Waals surface area contributed by atoms with Crippen molar-refractivity contribution in [3.05, 3.63) is 83.9 Å². The summed E-state index contributed by atoms with van der Waals surface area (Å²) in [6.45, 7) is 2.46. The molecule has 0 amide bonds. The van der Waals surface area contributed by atoms with Gasteiger partial charge in [0.05, 0.1) is 6.61 Å². The Hall–Kier alpha value is -2.88. The van der Waals surface area contributed by atoms with Crippen LogP contribution in [0.3, 0.4) is 0 Å². The molecule has 0 spiro atoms. The van der Waals surface area contributed by atoms with Gasteiger partial charge < -0.3 is 9.47 Å². The summed E-state index contributed by atoms with van der Waals surface area (Å²) in [5.74, 6) is -0.597. The summed E-state index contributed by atoms with van der Waals surface area (Å²) in [6.07, 6.45) is 0. The topological polar surface area (TPSA) is 18.5 Å². The third-order valence-electron chi connectivity index (χ3n) is 3.73. The van der Waals surface area contributed by atoms with E-state index in [1.165, 1.54) is 12.1 Å². The second-order valence-corrected chi connectivity index (χ2v) is 5.50. The van der Waals surface area contributed by atoms with Crippen LogP contribution in [0.4, 0.5) is 8.78 Å². The Bertz CT molecular complexity index is 848. The second kappa shape index (κ2) is 7.79. The highest BCUT2D eigenvalue weighted by Gasteiger charge is 2.09. The van der Waals surface area contributed by atoms with E-state index >= 15 is 0 Å². The van der Waals surface area contributed by atoms with E-state index in [0.29, 0.717) is 17.7 Å². The van der Waals surface area contributed by atoms with Crippen molar-refractivity contribution in [2.75, 3.05) is 6.61 Å². The van der Waals surface area contributed by atoms with Crippen LogP contribution in [0.5, 0.6) is 11.5 Å². The molecule has 0 N–H and O–H groups in total. The van der Waals surface area contributed by atoms with Gasteiger partial charge in [-0.1, -0.05) is 42.5 Å². The van der Waals surface area contributed by atoms with Crippen LogP contribution in [0, 0.1) is 11.6 Å². The molecule has 0 aromatic heterocycles. The van der Waals surface area contributed by atoms with Crippen LogP contribution < -0.4 is 9.47 Å². The van der Waals surface area contributed by atoms with Crippen LogP contribution >= 0.6 is 0 Å². The van der Waals surface area contributed by atoms with Gasteiger partial charge in [0, 0.05) is 0 Å². The van der Waals surface area contributed by atoms with Crippen molar-refractivity contribution in [1.29, 1.82) is 0 Å². The normalized spacial score (nSPS) is 10.5. The van der Waals surface area contributed by atoms with E-state index in [2.05, 4.69) is 0 Å². The van der Waals surface area contributed by atoms with Crippen LogP contribution in [-0.2, 0) is 6.61 Å². The monoisotopic (exact) mass is 340 g/mol. The van der Waals surface area contributed by atoms with Crippen LogP contribution in [-0.4, -0.2) is 6.61 Å². The van der Waals surface area contributed by atoms with E-state index in [0.717, 1.165) is 5.56 Å². The van der Waals surface area contributed by atoms with Gasteiger partial charge in [-0.25, -0.2) is 8.78 Å². The molecule has 0 saturated heterocycles. The minimum absolute atomic E-state index is 0.166. The number of benzene rings is 3. The Balaban J connectivity index is 1.76. The minimum atomic E-state index is -0.484. The molecule has 0 fully saturated rings. The molecule has 0 radical (unpaired) electrons. The van der Waals surface area contributed by atoms with Crippen molar-refractivity contribution < 1.29 is 18.3 Å². The SMILES string of the molecule is CCOc1ccc(-c2ccc(OCc3ccccc3)c(F)c2)cc1F. The fourth-order valence-electron chi connectivity index (χ4n) is 2.49. The molecule has 0 saturated carbocycles. The lowest BCUT2D eigenvalue weighted by molar-refractivity contribution is 0.290. The van der Waals surface area contributed by atoms with Crippen molar-refractivity contribution in [2.24, 2.45) is 0 Å². The first-order chi connectivity index (χ1) is 12.2. The number of rotatable bonds is 6. The molecule has 3 aromatic rings. The first-order valence-electron chi connectivity index (χ1n) is 8.06. The largest absolute Gasteiger partial charge is 0.491 e. The van der Waals surface area contributed by atoms with Gasteiger partial charge in [0.1, 0.15) is 6.61 Å². The highest BCUT2D eigenvalue weighted by atomic mass is 19.1. The summed E-state index contributed by atoms with van der Waals surface area (Å²) in [6, 6.07) is 18.7. The minimum Gasteiger partial charge on any atom is -0.491 e. The lowest BCUT2D eigenvalue weighted by atomic mass is 10.0. The standard InChI is InChI=1S/C21H18F2O2/c1-2-24-20-10-8-16(12-18(20)22)17-9-11-21(19(23)13-17)25-14-15-6-4-3-5-7-15/h3-13H,2,14H2,1H3. The maximum Gasteiger partial charge on any atom is 0.165 e. The summed E-state index contributed by atoms with van der Waals surface area (Å²) >= 11 is 0. The van der Waals surface area contributed by atoms with Gasteiger partial charge in [-0.05, 0) is 47.9 Å². The third kappa shape index (κ3) is 4.15. The Morgan fingerprint density at radius 2 is 1.28 bits per heavy atom. The molecule has 0 heterocycles. The average Bonchev–Trinajstić information content (AvgIpc) is 2.63. The fraction of sp³-hybridized carbons (Fsp3) is 0.143. The van der Waals surface area contributed by atoms with E-state index in [1.54, 1.807) is 31.2 Å². The van der Waals surface area contributed by atoms with Crippen molar-refractivity contribution in [3.63, 3.8) is 0 Å². The highest BCUT2D eigenvalue weighted by molar-refractivity contribution is 5.65. The van der Waals surface area contributed by atoms with Gasteiger partial charge in [0.2, 0.25) is 0 Å². The van der Waals surface area contributed by atoms with E-state index in [-0.39, 0.29) is 18.1 Å². The summed E-state index contributed by atoms with van der Waals surface area (Å²) in [5.41, 5.74) is 2.11. The van der Waals surface area contributed by atoms with Gasteiger partial charge in [-0.2, -0.15) is 0 Å². The molecule has 4 heteroatoms. The van der Waals surface area contributed by atoms with Gasteiger partial charge in [0.15, 0.2) is 23.1 Å². The first kappa shape index (κ1) is 17.0. The number of hydrogen-bond acceptors (Lipinski definition) is 2. The Labute approximate surface area is 145 Å². The Morgan fingerprint density at radius 1 is 0.720 bits per heavy atom. The van der Waals surface area contributed by atoms with Gasteiger partial charge in [-0.15, -0.1) is 0 Å². The summed E-state index contributed by atoms with van der Waals surface area (Å²) in [7, 11) is 0. The van der Waals surface area contributed by atoms with Crippen LogP contribution in [0.1, 0.15) is 12.5 Å². The Morgan fingerprint density at radius 3 is 1.80 bits per heavy atom. The second-order valence-electron chi connectivity index (χ2n) is 5.50.